The topological polar surface area (TPSA) is 38.5 Å². The molecule has 0 bridgehead atoms. The number of nitrogens with zero attached hydrogens (tertiary/aromatic N) is 1. The molecular weight excluding hydrogens is 248 g/mol. The van der Waals surface area contributed by atoms with E-state index in [0.29, 0.717) is 12.0 Å². The lowest BCUT2D eigenvalue weighted by molar-refractivity contribution is 0.302. The van der Waals surface area contributed by atoms with Crippen molar-refractivity contribution in [3.05, 3.63) is 28.8 Å². The van der Waals surface area contributed by atoms with E-state index < -0.39 is 0 Å². The summed E-state index contributed by atoms with van der Waals surface area (Å²) in [6.07, 6.45) is 6.22. The maximum absolute atomic E-state index is 5.86. The molecule has 1 aliphatic heterocycles. The van der Waals surface area contributed by atoms with Crippen molar-refractivity contribution in [2.75, 3.05) is 27.2 Å². The Morgan fingerprint density at radius 1 is 1.25 bits per heavy atom. The number of hydrogen-bond acceptors (Lipinski definition) is 3. The number of nitrogens with two attached hydrogens (primary N) is 1. The fraction of sp³-hybridized carbons (Fsp3) is 0.647. The second-order valence-corrected chi connectivity index (χ2v) is 6.36. The molecule has 0 spiro atoms. The van der Waals surface area contributed by atoms with Crippen LogP contribution in [-0.4, -0.2) is 32.1 Å². The van der Waals surface area contributed by atoms with E-state index in [-0.39, 0.29) is 0 Å². The summed E-state index contributed by atoms with van der Waals surface area (Å²) in [7, 11) is 4.00. The SMILES string of the molecule is COc1cc2c(cc1C1CC(CN)CN1C)CCCC2. The van der Waals surface area contributed by atoms with Gasteiger partial charge in [-0.1, -0.05) is 6.07 Å². The maximum atomic E-state index is 5.86. The van der Waals surface area contributed by atoms with E-state index >= 15 is 0 Å². The van der Waals surface area contributed by atoms with Crippen LogP contribution in [0.2, 0.25) is 0 Å². The standard InChI is InChI=1S/C17H26N2O/c1-19-11-12(10-18)7-16(19)15-8-13-5-3-4-6-14(13)9-17(15)20-2/h8-9,12,16H,3-7,10-11,18H2,1-2H3. The molecule has 1 heterocycles. The predicted molar refractivity (Wildman–Crippen MR) is 82.2 cm³/mol. The van der Waals surface area contributed by atoms with Crippen LogP contribution < -0.4 is 10.5 Å². The summed E-state index contributed by atoms with van der Waals surface area (Å²) in [5, 5.41) is 0. The van der Waals surface area contributed by atoms with Gasteiger partial charge in [-0.15, -0.1) is 0 Å². The minimum absolute atomic E-state index is 0.464. The zero-order chi connectivity index (χ0) is 14.1. The van der Waals surface area contributed by atoms with Crippen molar-refractivity contribution in [1.29, 1.82) is 0 Å². The molecule has 1 aromatic rings. The molecule has 1 aliphatic carbocycles. The van der Waals surface area contributed by atoms with E-state index in [1.807, 2.05) is 0 Å². The smallest absolute Gasteiger partial charge is 0.123 e. The van der Waals surface area contributed by atoms with Gasteiger partial charge in [0.1, 0.15) is 5.75 Å². The van der Waals surface area contributed by atoms with E-state index in [1.54, 1.807) is 7.11 Å². The van der Waals surface area contributed by atoms with Gasteiger partial charge in [-0.2, -0.15) is 0 Å². The average molecular weight is 274 g/mol. The van der Waals surface area contributed by atoms with Crippen LogP contribution in [-0.2, 0) is 12.8 Å². The first kappa shape index (κ1) is 13.9. The van der Waals surface area contributed by atoms with E-state index in [1.165, 1.54) is 42.4 Å². The summed E-state index contributed by atoms with van der Waals surface area (Å²) in [5.74, 6) is 1.69. The highest BCUT2D eigenvalue weighted by molar-refractivity contribution is 5.45. The average Bonchev–Trinajstić information content (AvgIpc) is 2.86. The molecule has 2 unspecified atom stereocenters. The fourth-order valence-corrected chi connectivity index (χ4v) is 3.86. The Morgan fingerprint density at radius 2 is 1.95 bits per heavy atom. The van der Waals surface area contributed by atoms with Gasteiger partial charge < -0.3 is 10.5 Å². The van der Waals surface area contributed by atoms with Gasteiger partial charge >= 0.3 is 0 Å². The lowest BCUT2D eigenvalue weighted by Crippen LogP contribution is -2.21. The lowest BCUT2D eigenvalue weighted by Gasteiger charge is -2.25. The molecule has 1 saturated heterocycles. The minimum Gasteiger partial charge on any atom is -0.496 e. The number of methoxy groups -OCH3 is 1. The normalized spacial score (nSPS) is 26.6. The second kappa shape index (κ2) is 5.74. The van der Waals surface area contributed by atoms with Crippen molar-refractivity contribution in [1.82, 2.24) is 4.90 Å². The van der Waals surface area contributed by atoms with Gasteiger partial charge in [-0.25, -0.2) is 0 Å². The number of aryl methyl sites for hydroxylation is 2. The Bertz CT molecular complexity index is 486. The van der Waals surface area contributed by atoms with Crippen LogP contribution in [0.3, 0.4) is 0 Å². The highest BCUT2D eigenvalue weighted by atomic mass is 16.5. The van der Waals surface area contributed by atoms with Crippen LogP contribution in [0.1, 0.15) is 42.0 Å². The molecule has 2 atom stereocenters. The molecule has 2 N–H and O–H groups in total. The molecule has 1 aromatic carbocycles. The van der Waals surface area contributed by atoms with Crippen molar-refractivity contribution in [2.24, 2.45) is 11.7 Å². The maximum Gasteiger partial charge on any atom is 0.123 e. The first-order chi connectivity index (χ1) is 9.72. The van der Waals surface area contributed by atoms with E-state index in [2.05, 4.69) is 24.1 Å². The Morgan fingerprint density at radius 3 is 2.55 bits per heavy atom. The van der Waals surface area contributed by atoms with E-state index in [9.17, 15) is 0 Å². The molecule has 3 nitrogen and oxygen atoms in total. The molecule has 2 aliphatic rings. The Kier molecular flexibility index (Phi) is 3.99. The van der Waals surface area contributed by atoms with E-state index in [0.717, 1.165) is 25.3 Å². The summed E-state index contributed by atoms with van der Waals surface area (Å²) < 4.78 is 5.68. The van der Waals surface area contributed by atoms with Gasteiger partial charge in [0.05, 0.1) is 7.11 Å². The Labute approximate surface area is 122 Å². The Hall–Kier alpha value is -1.06. The number of benzene rings is 1. The summed E-state index contributed by atoms with van der Waals surface area (Å²) in [5.41, 5.74) is 10.3. The van der Waals surface area contributed by atoms with Gasteiger partial charge in [-0.05, 0) is 68.8 Å². The van der Waals surface area contributed by atoms with Gasteiger partial charge in [0, 0.05) is 18.2 Å². The monoisotopic (exact) mass is 274 g/mol. The molecule has 0 aromatic heterocycles. The third-order valence-electron chi connectivity index (χ3n) is 5.02. The fourth-order valence-electron chi connectivity index (χ4n) is 3.86. The van der Waals surface area contributed by atoms with Crippen molar-refractivity contribution in [3.63, 3.8) is 0 Å². The number of ether oxygens (including phenoxy) is 1. The molecule has 1 fully saturated rings. The van der Waals surface area contributed by atoms with Crippen LogP contribution in [0.15, 0.2) is 12.1 Å². The lowest BCUT2D eigenvalue weighted by atomic mass is 9.87. The summed E-state index contributed by atoms with van der Waals surface area (Å²) in [4.78, 5) is 2.44. The number of hydrogen-bond donors (Lipinski definition) is 1. The summed E-state index contributed by atoms with van der Waals surface area (Å²) in [6, 6.07) is 5.16. The van der Waals surface area contributed by atoms with Crippen LogP contribution in [0.25, 0.3) is 0 Å². The van der Waals surface area contributed by atoms with Crippen molar-refractivity contribution in [3.8, 4) is 5.75 Å². The van der Waals surface area contributed by atoms with Crippen LogP contribution in [0.5, 0.6) is 5.75 Å². The quantitative estimate of drug-likeness (QED) is 0.920. The largest absolute Gasteiger partial charge is 0.496 e. The molecule has 3 heteroatoms. The van der Waals surface area contributed by atoms with Gasteiger partial charge in [0.25, 0.3) is 0 Å². The molecule has 20 heavy (non-hydrogen) atoms. The molecule has 0 saturated carbocycles. The zero-order valence-corrected chi connectivity index (χ0v) is 12.7. The van der Waals surface area contributed by atoms with Crippen molar-refractivity contribution < 1.29 is 4.74 Å². The third kappa shape index (κ3) is 2.45. The molecule has 110 valence electrons. The predicted octanol–water partition coefficient (Wildman–Crippen LogP) is 2.53. The minimum atomic E-state index is 0.464. The van der Waals surface area contributed by atoms with Crippen LogP contribution in [0.4, 0.5) is 0 Å². The summed E-state index contributed by atoms with van der Waals surface area (Å²) in [6.45, 7) is 1.88. The number of fused-ring (bicyclic) bond motifs is 1. The second-order valence-electron chi connectivity index (χ2n) is 6.36. The van der Waals surface area contributed by atoms with Crippen LogP contribution >= 0.6 is 0 Å². The van der Waals surface area contributed by atoms with Crippen molar-refractivity contribution >= 4 is 0 Å². The van der Waals surface area contributed by atoms with E-state index in [4.69, 9.17) is 10.5 Å². The molecule has 0 radical (unpaired) electrons. The zero-order valence-electron chi connectivity index (χ0n) is 12.7. The van der Waals surface area contributed by atoms with Gasteiger partial charge in [-0.3, -0.25) is 4.90 Å². The highest BCUT2D eigenvalue weighted by Crippen LogP contribution is 2.40. The molecule has 0 amide bonds. The van der Waals surface area contributed by atoms with Crippen molar-refractivity contribution in [2.45, 2.75) is 38.1 Å². The number of likely N-dealkylation sites (tertiary alicyclic amines) is 1. The third-order valence-corrected chi connectivity index (χ3v) is 5.02. The molecular formula is C17H26N2O. The number of rotatable bonds is 3. The van der Waals surface area contributed by atoms with Crippen LogP contribution in [0, 0.1) is 5.92 Å². The van der Waals surface area contributed by atoms with Gasteiger partial charge in [0.15, 0.2) is 0 Å². The first-order valence-corrected chi connectivity index (χ1v) is 7.83. The molecule has 3 rings (SSSR count). The summed E-state index contributed by atoms with van der Waals surface area (Å²) >= 11 is 0. The Balaban J connectivity index is 1.95. The highest BCUT2D eigenvalue weighted by Gasteiger charge is 2.32. The first-order valence-electron chi connectivity index (χ1n) is 7.83. The van der Waals surface area contributed by atoms with Gasteiger partial charge in [0.2, 0.25) is 0 Å².